The van der Waals surface area contributed by atoms with Crippen molar-refractivity contribution in [2.24, 2.45) is 5.73 Å². The summed E-state index contributed by atoms with van der Waals surface area (Å²) >= 11 is 3.05. The number of halogens is 4. The first-order chi connectivity index (χ1) is 6.38. The van der Waals surface area contributed by atoms with Crippen LogP contribution in [0.3, 0.4) is 0 Å². The zero-order chi connectivity index (χ0) is 10.8. The third kappa shape index (κ3) is 3.71. The van der Waals surface area contributed by atoms with Gasteiger partial charge in [0.15, 0.2) is 4.67 Å². The van der Waals surface area contributed by atoms with Gasteiger partial charge in [0.2, 0.25) is 0 Å². The van der Waals surface area contributed by atoms with Crippen LogP contribution < -0.4 is 5.73 Å². The molecule has 1 unspecified atom stereocenters. The Morgan fingerprint density at radius 2 is 2.07 bits per heavy atom. The fourth-order valence-electron chi connectivity index (χ4n) is 0.989. The molecule has 2 N–H and O–H groups in total. The van der Waals surface area contributed by atoms with Crippen molar-refractivity contribution in [1.82, 2.24) is 0 Å². The van der Waals surface area contributed by atoms with Crippen LogP contribution in [0.15, 0.2) is 21.2 Å². The lowest BCUT2D eigenvalue weighted by Gasteiger charge is -2.10. The lowest BCUT2D eigenvalue weighted by molar-refractivity contribution is -0.136. The molecule has 0 radical (unpaired) electrons. The number of nitrogens with two attached hydrogens (primary N) is 1. The fourth-order valence-corrected chi connectivity index (χ4v) is 1.31. The maximum Gasteiger partial charge on any atom is 0.389 e. The number of hydrogen-bond donors (Lipinski definition) is 1. The van der Waals surface area contributed by atoms with E-state index in [0.29, 0.717) is 10.4 Å². The number of rotatable bonds is 3. The van der Waals surface area contributed by atoms with Gasteiger partial charge < -0.3 is 10.2 Å². The van der Waals surface area contributed by atoms with Crippen LogP contribution in [-0.2, 0) is 0 Å². The van der Waals surface area contributed by atoms with E-state index < -0.39 is 18.6 Å². The van der Waals surface area contributed by atoms with Gasteiger partial charge >= 0.3 is 6.18 Å². The summed E-state index contributed by atoms with van der Waals surface area (Å²) in [5.74, 6) is 0.362. The van der Waals surface area contributed by atoms with E-state index in [4.69, 9.17) is 10.2 Å². The summed E-state index contributed by atoms with van der Waals surface area (Å²) in [5.41, 5.74) is 5.50. The fraction of sp³-hybridized carbons (Fsp3) is 0.500. The van der Waals surface area contributed by atoms with Gasteiger partial charge in [-0.3, -0.25) is 0 Å². The van der Waals surface area contributed by atoms with Crippen LogP contribution in [0.1, 0.15) is 24.6 Å². The first-order valence-electron chi connectivity index (χ1n) is 3.96. The molecular formula is C8H9BrF3NO. The van der Waals surface area contributed by atoms with Crippen molar-refractivity contribution in [3.05, 3.63) is 22.6 Å². The highest BCUT2D eigenvalue weighted by Crippen LogP contribution is 2.27. The summed E-state index contributed by atoms with van der Waals surface area (Å²) in [4.78, 5) is 0. The standard InChI is InChI=1S/C8H9BrF3NO/c9-7-2-1-6(14-7)5(13)3-4-8(10,11)12/h1-2,5H,3-4,13H2. The van der Waals surface area contributed by atoms with Crippen LogP contribution in [-0.4, -0.2) is 6.18 Å². The van der Waals surface area contributed by atoms with Crippen LogP contribution in [0.2, 0.25) is 0 Å². The average Bonchev–Trinajstić information content (AvgIpc) is 2.46. The molecule has 0 fully saturated rings. The van der Waals surface area contributed by atoms with Crippen LogP contribution in [0, 0.1) is 0 Å². The Labute approximate surface area is 87.4 Å². The zero-order valence-electron chi connectivity index (χ0n) is 7.14. The molecule has 80 valence electrons. The third-order valence-electron chi connectivity index (χ3n) is 1.70. The average molecular weight is 272 g/mol. The number of alkyl halides is 3. The van der Waals surface area contributed by atoms with E-state index >= 15 is 0 Å². The predicted molar refractivity (Wildman–Crippen MR) is 48.6 cm³/mol. The molecule has 14 heavy (non-hydrogen) atoms. The van der Waals surface area contributed by atoms with E-state index in [2.05, 4.69) is 15.9 Å². The summed E-state index contributed by atoms with van der Waals surface area (Å²) in [7, 11) is 0. The zero-order valence-corrected chi connectivity index (χ0v) is 8.73. The molecule has 1 rings (SSSR count). The molecule has 1 atom stereocenters. The molecule has 0 aromatic carbocycles. The molecule has 0 aliphatic carbocycles. The van der Waals surface area contributed by atoms with Crippen LogP contribution in [0.4, 0.5) is 13.2 Å². The van der Waals surface area contributed by atoms with E-state index in [1.54, 1.807) is 12.1 Å². The summed E-state index contributed by atoms with van der Waals surface area (Å²) in [6, 6.07) is 2.45. The van der Waals surface area contributed by atoms with Crippen LogP contribution in [0.25, 0.3) is 0 Å². The molecule has 1 aromatic rings. The van der Waals surface area contributed by atoms with E-state index in [0.717, 1.165) is 0 Å². The second-order valence-corrected chi connectivity index (χ2v) is 3.68. The molecule has 0 saturated carbocycles. The summed E-state index contributed by atoms with van der Waals surface area (Å²) in [6.45, 7) is 0. The van der Waals surface area contributed by atoms with Gasteiger partial charge in [-0.2, -0.15) is 13.2 Å². The maximum atomic E-state index is 11.8. The van der Waals surface area contributed by atoms with Gasteiger partial charge in [0.1, 0.15) is 5.76 Å². The normalized spacial score (nSPS) is 14.4. The lowest BCUT2D eigenvalue weighted by atomic mass is 10.1. The Bertz CT molecular complexity index is 297. The Balaban J connectivity index is 2.47. The molecular weight excluding hydrogens is 263 g/mol. The van der Waals surface area contributed by atoms with E-state index in [1.807, 2.05) is 0 Å². The molecule has 1 heterocycles. The van der Waals surface area contributed by atoms with Crippen LogP contribution in [0.5, 0.6) is 0 Å². The first-order valence-corrected chi connectivity index (χ1v) is 4.75. The second-order valence-electron chi connectivity index (χ2n) is 2.90. The topological polar surface area (TPSA) is 39.2 Å². The summed E-state index contributed by atoms with van der Waals surface area (Å²) in [5, 5.41) is 0. The Hall–Kier alpha value is -0.490. The van der Waals surface area contributed by atoms with Crippen molar-refractivity contribution in [2.45, 2.75) is 25.1 Å². The Kier molecular flexibility index (Phi) is 3.60. The predicted octanol–water partition coefficient (Wildman–Crippen LogP) is 3.38. The molecule has 0 amide bonds. The Morgan fingerprint density at radius 3 is 2.50 bits per heavy atom. The molecule has 0 bridgehead atoms. The minimum absolute atomic E-state index is 0.163. The van der Waals surface area contributed by atoms with Gasteiger partial charge in [0.25, 0.3) is 0 Å². The summed E-state index contributed by atoms with van der Waals surface area (Å²) in [6.07, 6.45) is -5.22. The minimum atomic E-state index is -4.17. The van der Waals surface area contributed by atoms with Gasteiger partial charge in [-0.1, -0.05) is 0 Å². The highest BCUT2D eigenvalue weighted by molar-refractivity contribution is 9.10. The van der Waals surface area contributed by atoms with E-state index in [-0.39, 0.29) is 6.42 Å². The van der Waals surface area contributed by atoms with Crippen molar-refractivity contribution >= 4 is 15.9 Å². The van der Waals surface area contributed by atoms with Crippen molar-refractivity contribution in [3.8, 4) is 0 Å². The molecule has 0 spiro atoms. The highest BCUT2D eigenvalue weighted by Gasteiger charge is 2.28. The minimum Gasteiger partial charge on any atom is -0.453 e. The largest absolute Gasteiger partial charge is 0.453 e. The molecule has 2 nitrogen and oxygen atoms in total. The van der Waals surface area contributed by atoms with Crippen molar-refractivity contribution in [1.29, 1.82) is 0 Å². The van der Waals surface area contributed by atoms with Gasteiger partial charge in [-0.25, -0.2) is 0 Å². The highest BCUT2D eigenvalue weighted by atomic mass is 79.9. The quantitative estimate of drug-likeness (QED) is 0.916. The van der Waals surface area contributed by atoms with Gasteiger partial charge in [-0.05, 0) is 34.5 Å². The summed E-state index contributed by atoms with van der Waals surface area (Å²) < 4.78 is 41.0. The van der Waals surface area contributed by atoms with Crippen LogP contribution >= 0.6 is 15.9 Å². The Morgan fingerprint density at radius 1 is 1.43 bits per heavy atom. The van der Waals surface area contributed by atoms with E-state index in [9.17, 15) is 13.2 Å². The third-order valence-corrected chi connectivity index (χ3v) is 2.12. The molecule has 6 heteroatoms. The number of hydrogen-bond acceptors (Lipinski definition) is 2. The SMILES string of the molecule is NC(CCC(F)(F)F)c1ccc(Br)o1. The van der Waals surface area contributed by atoms with Gasteiger partial charge in [-0.15, -0.1) is 0 Å². The van der Waals surface area contributed by atoms with E-state index in [1.165, 1.54) is 0 Å². The molecule has 0 saturated heterocycles. The maximum absolute atomic E-state index is 11.8. The van der Waals surface area contributed by atoms with Crippen molar-refractivity contribution in [2.75, 3.05) is 0 Å². The smallest absolute Gasteiger partial charge is 0.389 e. The molecule has 0 aliphatic heterocycles. The van der Waals surface area contributed by atoms with Gasteiger partial charge in [0.05, 0.1) is 6.04 Å². The number of furan rings is 1. The lowest BCUT2D eigenvalue weighted by Crippen LogP contribution is -2.15. The van der Waals surface area contributed by atoms with Crippen molar-refractivity contribution in [3.63, 3.8) is 0 Å². The van der Waals surface area contributed by atoms with Gasteiger partial charge in [0, 0.05) is 6.42 Å². The molecule has 1 aromatic heterocycles. The van der Waals surface area contributed by atoms with Crippen molar-refractivity contribution < 1.29 is 17.6 Å². The molecule has 0 aliphatic rings. The monoisotopic (exact) mass is 271 g/mol. The first kappa shape index (κ1) is 11.6. The second kappa shape index (κ2) is 4.35.